The maximum atomic E-state index is 11.4. The summed E-state index contributed by atoms with van der Waals surface area (Å²) in [6, 6.07) is 0. The molecule has 0 atom stereocenters. The van der Waals surface area contributed by atoms with Crippen LogP contribution in [0.2, 0.25) is 0 Å². The molecular weight excluding hydrogens is 208 g/mol. The minimum absolute atomic E-state index is 0.00370. The highest BCUT2D eigenvalue weighted by Crippen LogP contribution is 2.25. The van der Waals surface area contributed by atoms with Crippen molar-refractivity contribution in [2.45, 2.75) is 64.5 Å². The number of ketones is 1. The number of Topliss-reactive ketones (excluding diaryl/α,β-unsaturated/α-hetero) is 1. The third kappa shape index (κ3) is 9.98. The van der Waals surface area contributed by atoms with Gasteiger partial charge in [0.1, 0.15) is 5.78 Å². The summed E-state index contributed by atoms with van der Waals surface area (Å²) in [7, 11) is 0. The Hall–Kier alpha value is -0.310. The van der Waals surface area contributed by atoms with Crippen molar-refractivity contribution in [3.8, 4) is 0 Å². The molecule has 0 saturated heterocycles. The van der Waals surface area contributed by atoms with E-state index >= 15 is 0 Å². The highest BCUT2D eigenvalue weighted by molar-refractivity contribution is 8.14. The lowest BCUT2D eigenvalue weighted by molar-refractivity contribution is -0.123. The molecule has 0 bridgehead atoms. The van der Waals surface area contributed by atoms with Crippen LogP contribution in [0.15, 0.2) is 0 Å². The zero-order valence-corrected chi connectivity index (χ0v) is 11.1. The van der Waals surface area contributed by atoms with Crippen LogP contribution in [0.3, 0.4) is 0 Å². The van der Waals surface area contributed by atoms with Crippen molar-refractivity contribution in [1.29, 1.82) is 0 Å². The van der Waals surface area contributed by atoms with Gasteiger partial charge in [-0.05, 0) is 6.42 Å². The van der Waals surface area contributed by atoms with Crippen molar-refractivity contribution < 1.29 is 9.59 Å². The van der Waals surface area contributed by atoms with E-state index in [1.54, 1.807) is 0 Å². The first-order valence-corrected chi connectivity index (χ1v) is 6.40. The number of carbonyl (C=O) groups is 2. The van der Waals surface area contributed by atoms with Gasteiger partial charge in [-0.2, -0.15) is 0 Å². The summed E-state index contributed by atoms with van der Waals surface area (Å²) in [6.45, 7) is 8.05. The fourth-order valence-electron chi connectivity index (χ4n) is 1.20. The van der Waals surface area contributed by atoms with Crippen LogP contribution >= 0.6 is 11.8 Å². The van der Waals surface area contributed by atoms with Gasteiger partial charge in [-0.15, -0.1) is 0 Å². The Labute approximate surface area is 97.2 Å². The van der Waals surface area contributed by atoms with Gasteiger partial charge in [-0.1, -0.05) is 52.3 Å². The van der Waals surface area contributed by atoms with E-state index in [9.17, 15) is 9.59 Å². The molecule has 0 aromatic rings. The van der Waals surface area contributed by atoms with Crippen molar-refractivity contribution in [3.63, 3.8) is 0 Å². The molecular formula is C12H22O2S. The molecule has 0 aliphatic rings. The first-order chi connectivity index (χ1) is 6.85. The van der Waals surface area contributed by atoms with Crippen molar-refractivity contribution >= 4 is 22.7 Å². The van der Waals surface area contributed by atoms with Crippen LogP contribution in [0.4, 0.5) is 0 Å². The molecule has 0 N–H and O–H groups in total. The Kier molecular flexibility index (Phi) is 6.90. The largest absolute Gasteiger partial charge is 0.299 e. The molecule has 3 heteroatoms. The lowest BCUT2D eigenvalue weighted by Gasteiger charge is -2.15. The summed E-state index contributed by atoms with van der Waals surface area (Å²) in [5.74, 6) is 0.0881. The van der Waals surface area contributed by atoms with Gasteiger partial charge in [0.25, 0.3) is 0 Å². The number of hydrogen-bond donors (Lipinski definition) is 0. The average molecular weight is 230 g/mol. The van der Waals surface area contributed by atoms with Crippen molar-refractivity contribution in [2.75, 3.05) is 0 Å². The van der Waals surface area contributed by atoms with Gasteiger partial charge < -0.3 is 0 Å². The van der Waals surface area contributed by atoms with E-state index in [1.807, 2.05) is 20.8 Å². The topological polar surface area (TPSA) is 34.1 Å². The molecule has 0 rings (SSSR count). The van der Waals surface area contributed by atoms with Crippen LogP contribution in [0.5, 0.6) is 0 Å². The zero-order chi connectivity index (χ0) is 11.9. The Bertz CT molecular complexity index is 216. The van der Waals surface area contributed by atoms with Gasteiger partial charge in [-0.3, -0.25) is 9.59 Å². The molecule has 0 unspecified atom stereocenters. The maximum absolute atomic E-state index is 11.4. The molecule has 0 saturated carbocycles. The summed E-state index contributed by atoms with van der Waals surface area (Å²) in [6.07, 6.45) is 3.77. The number of rotatable bonds is 6. The summed E-state index contributed by atoms with van der Waals surface area (Å²) in [5.41, 5.74) is 0. The molecule has 0 aliphatic heterocycles. The van der Waals surface area contributed by atoms with Crippen LogP contribution in [-0.2, 0) is 9.59 Å². The Morgan fingerprint density at radius 2 is 1.73 bits per heavy atom. The first-order valence-electron chi connectivity index (χ1n) is 5.58. The quantitative estimate of drug-likeness (QED) is 0.516. The molecule has 0 aromatic carbocycles. The van der Waals surface area contributed by atoms with E-state index in [2.05, 4.69) is 6.92 Å². The Balaban J connectivity index is 3.72. The normalized spacial score (nSPS) is 11.5. The predicted molar refractivity (Wildman–Crippen MR) is 66.1 cm³/mol. The molecule has 2 nitrogen and oxygen atoms in total. The zero-order valence-electron chi connectivity index (χ0n) is 10.3. The summed E-state index contributed by atoms with van der Waals surface area (Å²) < 4.78 is -0.0826. The number of thioether (sulfide) groups is 1. The lowest BCUT2D eigenvalue weighted by atomic mass is 10.1. The Morgan fingerprint density at radius 3 is 2.20 bits per heavy atom. The molecule has 0 aliphatic carbocycles. The fourth-order valence-corrected chi connectivity index (χ4v) is 2.12. The first kappa shape index (κ1) is 14.7. The lowest BCUT2D eigenvalue weighted by Crippen LogP contribution is -2.14. The minimum Gasteiger partial charge on any atom is -0.299 e. The molecule has 0 aromatic heterocycles. The van der Waals surface area contributed by atoms with Crippen LogP contribution in [0.25, 0.3) is 0 Å². The second kappa shape index (κ2) is 7.04. The van der Waals surface area contributed by atoms with Crippen LogP contribution < -0.4 is 0 Å². The predicted octanol–water partition coefficient (Wildman–Crippen LogP) is 3.58. The molecule has 15 heavy (non-hydrogen) atoms. The van der Waals surface area contributed by atoms with E-state index < -0.39 is 0 Å². The SMILES string of the molecule is CCCCCC(=O)CC(=O)SC(C)(C)C. The van der Waals surface area contributed by atoms with Gasteiger partial charge in [0.15, 0.2) is 5.12 Å². The number of unbranched alkanes of at least 4 members (excludes halogenated alkanes) is 2. The van der Waals surface area contributed by atoms with E-state index in [0.717, 1.165) is 19.3 Å². The van der Waals surface area contributed by atoms with Crippen LogP contribution in [0, 0.1) is 0 Å². The smallest absolute Gasteiger partial charge is 0.196 e. The van der Waals surface area contributed by atoms with E-state index in [-0.39, 0.29) is 22.1 Å². The molecule has 0 fully saturated rings. The van der Waals surface area contributed by atoms with Crippen LogP contribution in [-0.4, -0.2) is 15.6 Å². The molecule has 0 amide bonds. The standard InChI is InChI=1S/C12H22O2S/c1-5-6-7-8-10(13)9-11(14)15-12(2,3)4/h5-9H2,1-4H3. The maximum Gasteiger partial charge on any atom is 0.196 e. The van der Waals surface area contributed by atoms with Crippen molar-refractivity contribution in [3.05, 3.63) is 0 Å². The van der Waals surface area contributed by atoms with Crippen LogP contribution in [0.1, 0.15) is 59.8 Å². The summed E-state index contributed by atoms with van der Waals surface area (Å²) in [5, 5.41) is 0.00370. The summed E-state index contributed by atoms with van der Waals surface area (Å²) >= 11 is 1.26. The highest BCUT2D eigenvalue weighted by Gasteiger charge is 2.18. The number of carbonyl (C=O) groups excluding carboxylic acids is 2. The van der Waals surface area contributed by atoms with Gasteiger partial charge in [0.2, 0.25) is 0 Å². The fraction of sp³-hybridized carbons (Fsp3) is 0.833. The third-order valence-corrected chi connectivity index (χ3v) is 2.81. The minimum atomic E-state index is -0.0826. The molecule has 0 spiro atoms. The molecule has 0 radical (unpaired) electrons. The van der Waals surface area contributed by atoms with Gasteiger partial charge in [0, 0.05) is 11.2 Å². The van der Waals surface area contributed by atoms with Crippen molar-refractivity contribution in [2.24, 2.45) is 0 Å². The van der Waals surface area contributed by atoms with Crippen molar-refractivity contribution in [1.82, 2.24) is 0 Å². The third-order valence-electron chi connectivity index (χ3n) is 1.82. The van der Waals surface area contributed by atoms with Gasteiger partial charge >= 0.3 is 0 Å². The second-order valence-corrected chi connectivity index (χ2v) is 6.64. The Morgan fingerprint density at radius 1 is 1.13 bits per heavy atom. The van der Waals surface area contributed by atoms with Gasteiger partial charge in [0.05, 0.1) is 6.42 Å². The van der Waals surface area contributed by atoms with E-state index in [1.165, 1.54) is 11.8 Å². The second-order valence-electron chi connectivity index (χ2n) is 4.76. The van der Waals surface area contributed by atoms with E-state index in [0.29, 0.717) is 6.42 Å². The molecule has 0 heterocycles. The van der Waals surface area contributed by atoms with E-state index in [4.69, 9.17) is 0 Å². The highest BCUT2D eigenvalue weighted by atomic mass is 32.2. The number of hydrogen-bond acceptors (Lipinski definition) is 3. The van der Waals surface area contributed by atoms with Gasteiger partial charge in [-0.25, -0.2) is 0 Å². The average Bonchev–Trinajstić information content (AvgIpc) is 2.00. The summed E-state index contributed by atoms with van der Waals surface area (Å²) in [4.78, 5) is 22.8. The monoisotopic (exact) mass is 230 g/mol. The molecule has 88 valence electrons.